The maximum Gasteiger partial charge on any atom is 0.317 e. The molecule has 0 atom stereocenters. The number of hydrogen-bond donors (Lipinski definition) is 2. The first kappa shape index (κ1) is 16.0. The number of fused-ring (bicyclic) bond motifs is 2. The maximum absolute atomic E-state index is 12.5. The molecule has 2 aliphatic heterocycles. The van der Waals surface area contributed by atoms with Gasteiger partial charge in [0.05, 0.1) is 6.54 Å². The number of aromatic amines is 1. The van der Waals surface area contributed by atoms with Crippen LogP contribution in [0.25, 0.3) is 11.0 Å². The molecule has 0 bridgehead atoms. The van der Waals surface area contributed by atoms with Crippen LogP contribution in [0.5, 0.6) is 11.5 Å². The molecule has 2 aromatic heterocycles. The minimum atomic E-state index is -0.746. The van der Waals surface area contributed by atoms with Gasteiger partial charge in [0.25, 0.3) is 5.79 Å². The number of benzene rings is 1. The van der Waals surface area contributed by atoms with E-state index in [0.717, 1.165) is 34.5 Å². The van der Waals surface area contributed by atoms with Crippen LogP contribution in [0.4, 0.5) is 4.79 Å². The summed E-state index contributed by atoms with van der Waals surface area (Å²) in [7, 11) is 0. The molecule has 1 aromatic carbocycles. The van der Waals surface area contributed by atoms with E-state index in [9.17, 15) is 4.79 Å². The highest BCUT2D eigenvalue weighted by molar-refractivity contribution is 5.79. The van der Waals surface area contributed by atoms with Crippen molar-refractivity contribution in [2.75, 3.05) is 19.6 Å². The lowest BCUT2D eigenvalue weighted by molar-refractivity contribution is -0.0650. The Morgan fingerprint density at radius 2 is 2.04 bits per heavy atom. The van der Waals surface area contributed by atoms with Crippen molar-refractivity contribution in [3.8, 4) is 11.5 Å². The van der Waals surface area contributed by atoms with Gasteiger partial charge in [-0.1, -0.05) is 12.1 Å². The van der Waals surface area contributed by atoms with Gasteiger partial charge >= 0.3 is 6.03 Å². The molecule has 0 unspecified atom stereocenters. The van der Waals surface area contributed by atoms with Crippen LogP contribution in [0.2, 0.25) is 0 Å². The summed E-state index contributed by atoms with van der Waals surface area (Å²) < 4.78 is 12.0. The second kappa shape index (κ2) is 6.19. The van der Waals surface area contributed by atoms with E-state index in [2.05, 4.69) is 15.3 Å². The van der Waals surface area contributed by atoms with Gasteiger partial charge in [-0.25, -0.2) is 9.78 Å². The lowest BCUT2D eigenvalue weighted by atomic mass is 10.1. The molecular weight excluding hydrogens is 344 g/mol. The minimum Gasteiger partial charge on any atom is -0.447 e. The second-order valence-corrected chi connectivity index (χ2v) is 6.93. The number of nitrogens with zero attached hydrogens (tertiary/aromatic N) is 2. The van der Waals surface area contributed by atoms with E-state index in [-0.39, 0.29) is 6.03 Å². The molecule has 4 heterocycles. The Morgan fingerprint density at radius 1 is 1.22 bits per heavy atom. The number of carbonyl (C=O) groups is 1. The molecule has 0 aliphatic carbocycles. The Balaban J connectivity index is 1.17. The van der Waals surface area contributed by atoms with Crippen LogP contribution in [0.1, 0.15) is 12.0 Å². The predicted molar refractivity (Wildman–Crippen MR) is 99.8 cm³/mol. The molecule has 7 heteroatoms. The van der Waals surface area contributed by atoms with Gasteiger partial charge in [-0.15, -0.1) is 0 Å². The summed E-state index contributed by atoms with van der Waals surface area (Å²) in [6.07, 6.45) is 5.11. The van der Waals surface area contributed by atoms with Crippen LogP contribution >= 0.6 is 0 Å². The van der Waals surface area contributed by atoms with E-state index < -0.39 is 5.79 Å². The molecule has 2 aliphatic rings. The third-order valence-electron chi connectivity index (χ3n) is 5.13. The van der Waals surface area contributed by atoms with Gasteiger partial charge in [-0.3, -0.25) is 0 Å². The number of nitrogens with one attached hydrogen (secondary N) is 2. The van der Waals surface area contributed by atoms with Crippen LogP contribution in [-0.4, -0.2) is 46.3 Å². The molecule has 0 saturated carbocycles. The summed E-state index contributed by atoms with van der Waals surface area (Å²) in [6.45, 7) is 1.59. The van der Waals surface area contributed by atoms with Gasteiger partial charge in [0.2, 0.25) is 0 Å². The number of carbonyl (C=O) groups excluding carboxylic acids is 1. The molecule has 7 nitrogen and oxygen atoms in total. The third kappa shape index (κ3) is 2.85. The van der Waals surface area contributed by atoms with E-state index in [1.165, 1.54) is 0 Å². The lowest BCUT2D eigenvalue weighted by Crippen LogP contribution is -2.45. The van der Waals surface area contributed by atoms with Crippen molar-refractivity contribution in [3.63, 3.8) is 0 Å². The molecule has 1 saturated heterocycles. The zero-order valence-corrected chi connectivity index (χ0v) is 14.8. The van der Waals surface area contributed by atoms with E-state index in [0.29, 0.717) is 26.1 Å². The zero-order chi connectivity index (χ0) is 18.3. The van der Waals surface area contributed by atoms with Gasteiger partial charge in [-0.05, 0) is 36.2 Å². The van der Waals surface area contributed by atoms with Crippen molar-refractivity contribution in [1.82, 2.24) is 20.2 Å². The Bertz CT molecular complexity index is 975. The summed E-state index contributed by atoms with van der Waals surface area (Å²) in [6, 6.07) is 11.5. The standard InChI is InChI=1S/C20H20N4O3/c25-19(22-10-7-14-12-23-18-15(14)4-3-9-21-18)24-11-8-20(13-24)26-16-5-1-2-6-17(16)27-20/h1-6,9,12H,7-8,10-11,13H2,(H,21,23)(H,22,25). The van der Waals surface area contributed by atoms with E-state index in [4.69, 9.17) is 9.47 Å². The summed E-state index contributed by atoms with van der Waals surface area (Å²) >= 11 is 0. The minimum absolute atomic E-state index is 0.0898. The molecule has 5 rings (SSSR count). The van der Waals surface area contributed by atoms with E-state index in [1.807, 2.05) is 42.6 Å². The lowest BCUT2D eigenvalue weighted by Gasteiger charge is -2.23. The first-order valence-electron chi connectivity index (χ1n) is 9.13. The molecule has 2 N–H and O–H groups in total. The van der Waals surface area contributed by atoms with Crippen molar-refractivity contribution in [2.45, 2.75) is 18.6 Å². The highest BCUT2D eigenvalue weighted by Gasteiger charge is 2.48. The molecule has 2 amide bonds. The van der Waals surface area contributed by atoms with Gasteiger partial charge in [0.15, 0.2) is 11.5 Å². The van der Waals surface area contributed by atoms with Gasteiger partial charge < -0.3 is 24.7 Å². The Hall–Kier alpha value is -3.22. The number of rotatable bonds is 3. The normalized spacial score (nSPS) is 17.0. The Kier molecular flexibility index (Phi) is 3.67. The molecule has 3 aromatic rings. The van der Waals surface area contributed by atoms with Crippen LogP contribution in [0.3, 0.4) is 0 Å². The van der Waals surface area contributed by atoms with Crippen molar-refractivity contribution in [3.05, 3.63) is 54.4 Å². The molecule has 138 valence electrons. The van der Waals surface area contributed by atoms with Crippen molar-refractivity contribution in [1.29, 1.82) is 0 Å². The number of amides is 2. The fraction of sp³-hybridized carbons (Fsp3) is 0.300. The quantitative estimate of drug-likeness (QED) is 0.749. The second-order valence-electron chi connectivity index (χ2n) is 6.93. The van der Waals surface area contributed by atoms with Crippen molar-refractivity contribution >= 4 is 17.1 Å². The number of para-hydroxylation sites is 2. The topological polar surface area (TPSA) is 79.5 Å². The number of aromatic nitrogens is 2. The highest BCUT2D eigenvalue weighted by atomic mass is 16.7. The number of H-pyrrole nitrogens is 1. The molecule has 27 heavy (non-hydrogen) atoms. The molecular formula is C20H20N4O3. The van der Waals surface area contributed by atoms with Crippen LogP contribution in [0.15, 0.2) is 48.8 Å². The Labute approximate surface area is 156 Å². The van der Waals surface area contributed by atoms with Crippen molar-refractivity contribution in [2.24, 2.45) is 0 Å². The zero-order valence-electron chi connectivity index (χ0n) is 14.8. The number of hydrogen-bond acceptors (Lipinski definition) is 4. The van der Waals surface area contributed by atoms with Crippen LogP contribution in [0, 0.1) is 0 Å². The average molecular weight is 364 g/mol. The number of ether oxygens (including phenoxy) is 2. The number of pyridine rings is 1. The maximum atomic E-state index is 12.5. The van der Waals surface area contributed by atoms with Crippen LogP contribution < -0.4 is 14.8 Å². The molecule has 1 spiro atoms. The summed E-state index contributed by atoms with van der Waals surface area (Å²) in [5, 5.41) is 4.09. The first-order valence-corrected chi connectivity index (χ1v) is 9.13. The molecule has 1 fully saturated rings. The monoisotopic (exact) mass is 364 g/mol. The smallest absolute Gasteiger partial charge is 0.317 e. The van der Waals surface area contributed by atoms with E-state index in [1.54, 1.807) is 11.1 Å². The van der Waals surface area contributed by atoms with Crippen molar-refractivity contribution < 1.29 is 14.3 Å². The predicted octanol–water partition coefficient (Wildman–Crippen LogP) is 2.69. The SMILES string of the molecule is O=C(NCCc1c[nH]c2ncccc12)N1CCC2(C1)Oc1ccccc1O2. The summed E-state index contributed by atoms with van der Waals surface area (Å²) in [5.74, 6) is 0.740. The summed E-state index contributed by atoms with van der Waals surface area (Å²) in [5.41, 5.74) is 2.02. The fourth-order valence-electron chi connectivity index (χ4n) is 3.77. The molecule has 0 radical (unpaired) electrons. The first-order chi connectivity index (χ1) is 13.2. The third-order valence-corrected chi connectivity index (χ3v) is 5.13. The highest BCUT2D eigenvalue weighted by Crippen LogP contribution is 2.42. The van der Waals surface area contributed by atoms with Gasteiger partial charge in [-0.2, -0.15) is 0 Å². The average Bonchev–Trinajstić information content (AvgIpc) is 3.38. The van der Waals surface area contributed by atoms with Gasteiger partial charge in [0, 0.05) is 37.3 Å². The van der Waals surface area contributed by atoms with Crippen LogP contribution in [-0.2, 0) is 6.42 Å². The fourth-order valence-corrected chi connectivity index (χ4v) is 3.77. The van der Waals surface area contributed by atoms with E-state index >= 15 is 0 Å². The number of urea groups is 1. The Morgan fingerprint density at radius 3 is 2.85 bits per heavy atom. The largest absolute Gasteiger partial charge is 0.447 e. The summed E-state index contributed by atoms with van der Waals surface area (Å²) in [4.78, 5) is 21.7. The van der Waals surface area contributed by atoms with Gasteiger partial charge in [0.1, 0.15) is 5.65 Å². The number of likely N-dealkylation sites (tertiary alicyclic amines) is 1.